The van der Waals surface area contributed by atoms with E-state index in [1.54, 1.807) is 0 Å². The van der Waals surface area contributed by atoms with Gasteiger partial charge in [-0.2, -0.15) is 0 Å². The molecule has 0 aliphatic rings. The fourth-order valence-corrected chi connectivity index (χ4v) is 11.6. The third-order valence-corrected chi connectivity index (χ3v) is 15.1. The van der Waals surface area contributed by atoms with Gasteiger partial charge in [0.2, 0.25) is 0 Å². The number of carbonyl (C=O) groups excluding carboxylic acids is 1. The SMILES string of the molecule is CCCCCCCCCCCCCCCC(=O)O[C@@H](CO[Si](c1ccccc1)(c1ccccc1)C(C)(C)C)COP(=O)([O-])OCC[N+](C)(C)C. The summed E-state index contributed by atoms with van der Waals surface area (Å²) < 4.78 is 36.6. The number of benzene rings is 2. The predicted octanol–water partition coefficient (Wildman–Crippen LogP) is 8.16. The molecule has 1 unspecified atom stereocenters. The lowest BCUT2D eigenvalue weighted by atomic mass is 10.0. The van der Waals surface area contributed by atoms with Crippen LogP contribution in [0.4, 0.5) is 0 Å². The lowest BCUT2D eigenvalue weighted by Gasteiger charge is -2.43. The molecule has 0 radical (unpaired) electrons. The Kier molecular flexibility index (Phi) is 20.3. The van der Waals surface area contributed by atoms with Gasteiger partial charge in [-0.05, 0) is 21.8 Å². The van der Waals surface area contributed by atoms with Gasteiger partial charge in [-0.1, -0.05) is 165 Å². The largest absolute Gasteiger partial charge is 0.756 e. The van der Waals surface area contributed by atoms with Crippen LogP contribution in [0.1, 0.15) is 118 Å². The molecule has 0 saturated heterocycles. The van der Waals surface area contributed by atoms with E-state index in [0.717, 1.165) is 29.6 Å². The van der Waals surface area contributed by atoms with Crippen molar-refractivity contribution in [2.45, 2.75) is 129 Å². The Morgan fingerprint density at radius 3 is 1.64 bits per heavy atom. The van der Waals surface area contributed by atoms with Crippen LogP contribution >= 0.6 is 7.82 Å². The molecule has 0 N–H and O–H groups in total. The minimum Gasteiger partial charge on any atom is -0.756 e. The maximum atomic E-state index is 13.1. The van der Waals surface area contributed by atoms with E-state index in [9.17, 15) is 14.3 Å². The minimum atomic E-state index is -4.64. The van der Waals surface area contributed by atoms with E-state index in [2.05, 4.69) is 52.0 Å². The molecule has 0 aliphatic carbocycles. The first-order chi connectivity index (χ1) is 23.7. The topological polar surface area (TPSA) is 94.1 Å². The van der Waals surface area contributed by atoms with Gasteiger partial charge in [-0.15, -0.1) is 0 Å². The average Bonchev–Trinajstić information content (AvgIpc) is 3.05. The minimum absolute atomic E-state index is 0.00760. The van der Waals surface area contributed by atoms with Crippen molar-refractivity contribution in [2.75, 3.05) is 47.5 Å². The van der Waals surface area contributed by atoms with Crippen LogP contribution in [0.3, 0.4) is 0 Å². The first-order valence-corrected chi connectivity index (χ1v) is 22.4. The predicted molar refractivity (Wildman–Crippen MR) is 206 cm³/mol. The molecule has 2 rings (SSSR count). The first kappa shape index (κ1) is 44.3. The highest BCUT2D eigenvalue weighted by Crippen LogP contribution is 2.39. The van der Waals surface area contributed by atoms with Crippen LogP contribution in [0.5, 0.6) is 0 Å². The van der Waals surface area contributed by atoms with Crippen molar-refractivity contribution in [3.8, 4) is 0 Å². The number of likely N-dealkylation sites (N-methyl/N-ethyl adjacent to an activating group) is 1. The Labute approximate surface area is 305 Å². The van der Waals surface area contributed by atoms with Gasteiger partial charge in [0, 0.05) is 6.42 Å². The number of rotatable bonds is 27. The fourth-order valence-electron chi connectivity index (χ4n) is 6.27. The Bertz CT molecular complexity index is 1190. The third-order valence-electron chi connectivity index (χ3n) is 9.12. The molecular weight excluding hydrogens is 666 g/mol. The van der Waals surface area contributed by atoms with Gasteiger partial charge in [0.1, 0.15) is 19.3 Å². The summed E-state index contributed by atoms with van der Waals surface area (Å²) in [4.78, 5) is 25.8. The quantitative estimate of drug-likeness (QED) is 0.0301. The molecule has 10 heteroatoms. The van der Waals surface area contributed by atoms with Crippen LogP contribution in [-0.2, 0) is 27.6 Å². The second-order valence-corrected chi connectivity index (χ2v) is 21.4. The van der Waals surface area contributed by atoms with Crippen LogP contribution in [0, 0.1) is 0 Å². The zero-order valence-corrected chi connectivity index (χ0v) is 34.2. The number of ether oxygens (including phenoxy) is 1. The monoisotopic (exact) mass is 733 g/mol. The average molecular weight is 734 g/mol. The van der Waals surface area contributed by atoms with Crippen molar-refractivity contribution in [1.29, 1.82) is 0 Å². The molecule has 2 atom stereocenters. The number of esters is 1. The van der Waals surface area contributed by atoms with Gasteiger partial charge in [-0.3, -0.25) is 9.36 Å². The van der Waals surface area contributed by atoms with Crippen LogP contribution < -0.4 is 15.3 Å². The fraction of sp³-hybridized carbons (Fsp3) is 0.675. The summed E-state index contributed by atoms with van der Waals surface area (Å²) in [6.07, 6.45) is 15.2. The molecular formula is C40H68NO7PSi. The van der Waals surface area contributed by atoms with E-state index in [-0.39, 0.29) is 37.2 Å². The number of hydrogen-bond acceptors (Lipinski definition) is 7. The molecule has 0 aliphatic heterocycles. The van der Waals surface area contributed by atoms with Gasteiger partial charge in [0.15, 0.2) is 0 Å². The molecule has 50 heavy (non-hydrogen) atoms. The summed E-state index contributed by atoms with van der Waals surface area (Å²) in [5.74, 6) is -0.376. The second-order valence-electron chi connectivity index (χ2n) is 15.7. The summed E-state index contributed by atoms with van der Waals surface area (Å²) in [6, 6.07) is 20.3. The smallest absolute Gasteiger partial charge is 0.306 e. The van der Waals surface area contributed by atoms with Gasteiger partial charge >= 0.3 is 5.97 Å². The summed E-state index contributed by atoms with van der Waals surface area (Å²) in [7, 11) is -1.74. The van der Waals surface area contributed by atoms with Gasteiger partial charge in [0.25, 0.3) is 16.1 Å². The van der Waals surface area contributed by atoms with Gasteiger partial charge in [0.05, 0.1) is 34.4 Å². The maximum Gasteiger partial charge on any atom is 0.306 e. The van der Waals surface area contributed by atoms with E-state index in [4.69, 9.17) is 18.2 Å². The third kappa shape index (κ3) is 17.1. The maximum absolute atomic E-state index is 13.1. The van der Waals surface area contributed by atoms with E-state index >= 15 is 0 Å². The van der Waals surface area contributed by atoms with Crippen molar-refractivity contribution in [3.05, 3.63) is 60.7 Å². The van der Waals surface area contributed by atoms with Crippen molar-refractivity contribution in [1.82, 2.24) is 0 Å². The molecule has 0 spiro atoms. The highest BCUT2D eigenvalue weighted by molar-refractivity contribution is 7.45. The van der Waals surface area contributed by atoms with Crippen molar-refractivity contribution < 1.29 is 36.9 Å². The summed E-state index contributed by atoms with van der Waals surface area (Å²) >= 11 is 0. The molecule has 8 nitrogen and oxygen atoms in total. The number of nitrogens with zero attached hydrogens (tertiary/aromatic N) is 1. The van der Waals surface area contributed by atoms with Crippen molar-refractivity contribution in [2.24, 2.45) is 0 Å². The Morgan fingerprint density at radius 1 is 0.740 bits per heavy atom. The van der Waals surface area contributed by atoms with E-state index in [1.807, 2.05) is 57.5 Å². The Balaban J connectivity index is 2.04. The van der Waals surface area contributed by atoms with Crippen molar-refractivity contribution >= 4 is 32.5 Å². The number of carbonyl (C=O) groups is 1. The highest BCUT2D eigenvalue weighted by atomic mass is 31.2. The summed E-state index contributed by atoms with van der Waals surface area (Å²) in [6.45, 7) is 8.83. The second kappa shape index (κ2) is 23.0. The van der Waals surface area contributed by atoms with E-state index in [0.29, 0.717) is 11.0 Å². The number of hydrogen-bond donors (Lipinski definition) is 0. The molecule has 0 amide bonds. The number of quaternary nitrogens is 1. The Hall–Kier alpha value is -1.84. The van der Waals surface area contributed by atoms with Crippen LogP contribution in [0.2, 0.25) is 5.04 Å². The standard InChI is InChI=1S/C40H68NO7PSi/c1-8-9-10-11-12-13-14-15-16-17-18-19-26-31-39(42)48-36(34-46-49(43,44)45-33-32-41(5,6)7)35-47-50(40(2,3)4,37-27-22-20-23-28-37)38-29-24-21-25-30-38/h20-25,27-30,36H,8-19,26,31-35H2,1-7H3/t36-/m1/s1. The summed E-state index contributed by atoms with van der Waals surface area (Å²) in [5, 5.41) is 1.85. The van der Waals surface area contributed by atoms with Crippen molar-refractivity contribution in [3.63, 3.8) is 0 Å². The van der Waals surface area contributed by atoms with Crippen LogP contribution in [0.15, 0.2) is 60.7 Å². The molecule has 284 valence electrons. The normalized spacial score (nSPS) is 14.3. The van der Waals surface area contributed by atoms with Crippen LogP contribution in [-0.4, -0.2) is 72.4 Å². The highest BCUT2D eigenvalue weighted by Gasteiger charge is 2.50. The van der Waals surface area contributed by atoms with E-state index < -0.39 is 22.2 Å². The first-order valence-electron chi connectivity index (χ1n) is 19.1. The lowest BCUT2D eigenvalue weighted by Crippen LogP contribution is -2.67. The summed E-state index contributed by atoms with van der Waals surface area (Å²) in [5.41, 5.74) is 0. The molecule has 0 aromatic heterocycles. The molecule has 0 bridgehead atoms. The van der Waals surface area contributed by atoms with Gasteiger partial charge < -0.3 is 27.6 Å². The molecule has 2 aromatic rings. The van der Waals surface area contributed by atoms with Crippen LogP contribution in [0.25, 0.3) is 0 Å². The Morgan fingerprint density at radius 2 is 1.20 bits per heavy atom. The number of phosphoric ester groups is 1. The molecule has 0 fully saturated rings. The zero-order chi connectivity index (χ0) is 36.9. The van der Waals surface area contributed by atoms with E-state index in [1.165, 1.54) is 64.2 Å². The zero-order valence-electron chi connectivity index (χ0n) is 32.3. The molecule has 2 aromatic carbocycles. The molecule has 0 saturated carbocycles. The lowest BCUT2D eigenvalue weighted by molar-refractivity contribution is -0.870. The van der Waals surface area contributed by atoms with Gasteiger partial charge in [-0.25, -0.2) is 0 Å². The number of phosphoric acid groups is 1. The number of unbranched alkanes of at least 4 members (excludes halogenated alkanes) is 12. The molecule has 0 heterocycles.